The fourth-order valence-corrected chi connectivity index (χ4v) is 6.75. The predicted molar refractivity (Wildman–Crippen MR) is 131 cm³/mol. The minimum atomic E-state index is -3.72. The number of nitrogens with one attached hydrogen (secondary N) is 1. The number of carbonyl (C=O) groups excluding carboxylic acids is 2. The molecular formula is C25H28N4O6S. The maximum Gasteiger partial charge on any atom is 0.270 e. The Morgan fingerprint density at radius 2 is 1.81 bits per heavy atom. The van der Waals surface area contributed by atoms with Gasteiger partial charge in [0.1, 0.15) is 11.3 Å². The van der Waals surface area contributed by atoms with E-state index in [0.717, 1.165) is 5.56 Å². The fourth-order valence-electron chi connectivity index (χ4n) is 4.44. The van der Waals surface area contributed by atoms with E-state index >= 15 is 0 Å². The van der Waals surface area contributed by atoms with Crippen LogP contribution in [0.15, 0.2) is 41.2 Å². The standard InChI is InChI=1S/C25H28N4O6S/c1-24(2,16-30)36(34,35)25(9-10-25)15-28-11-12-29-20(23(28)33)8-7-19(22(29)32)21(31)27-14-18-5-3-17(13-26)4-6-18/h3-8,30H,9-12,14-16H2,1-2H3,(H,27,31). The van der Waals surface area contributed by atoms with Crippen LogP contribution < -0.4 is 10.9 Å². The minimum absolute atomic E-state index is 0.00137. The van der Waals surface area contributed by atoms with Crippen molar-refractivity contribution in [3.05, 3.63) is 69.1 Å². The number of aliphatic hydroxyl groups excluding tert-OH is 1. The third kappa shape index (κ3) is 4.31. The number of amides is 2. The lowest BCUT2D eigenvalue weighted by Crippen LogP contribution is -2.53. The lowest BCUT2D eigenvalue weighted by atomic mass is 10.1. The Balaban J connectivity index is 1.49. The molecule has 0 unspecified atom stereocenters. The summed E-state index contributed by atoms with van der Waals surface area (Å²) in [5.41, 5.74) is 0.677. The van der Waals surface area contributed by atoms with Gasteiger partial charge in [0.25, 0.3) is 17.4 Å². The molecule has 1 aliphatic carbocycles. The van der Waals surface area contributed by atoms with E-state index in [2.05, 4.69) is 5.32 Å². The van der Waals surface area contributed by atoms with Crippen LogP contribution in [-0.4, -0.2) is 64.0 Å². The molecule has 2 N–H and O–H groups in total. The van der Waals surface area contributed by atoms with Crippen molar-refractivity contribution in [2.75, 3.05) is 19.7 Å². The van der Waals surface area contributed by atoms with Crippen LogP contribution in [0.2, 0.25) is 0 Å². The Morgan fingerprint density at radius 3 is 2.39 bits per heavy atom. The van der Waals surface area contributed by atoms with Crippen LogP contribution in [0.5, 0.6) is 0 Å². The van der Waals surface area contributed by atoms with Gasteiger partial charge in [-0.2, -0.15) is 5.26 Å². The average molecular weight is 513 g/mol. The summed E-state index contributed by atoms with van der Waals surface area (Å²) in [4.78, 5) is 40.3. The smallest absolute Gasteiger partial charge is 0.270 e. The highest BCUT2D eigenvalue weighted by Gasteiger charge is 2.60. The van der Waals surface area contributed by atoms with Crippen LogP contribution in [0.4, 0.5) is 0 Å². The summed E-state index contributed by atoms with van der Waals surface area (Å²) in [5, 5.41) is 21.1. The first kappa shape index (κ1) is 25.6. The largest absolute Gasteiger partial charge is 0.395 e. The third-order valence-electron chi connectivity index (χ3n) is 7.02. The number of pyridine rings is 1. The Labute approximate surface area is 209 Å². The van der Waals surface area contributed by atoms with Crippen molar-refractivity contribution in [1.82, 2.24) is 14.8 Å². The summed E-state index contributed by atoms with van der Waals surface area (Å²) in [5.74, 6) is -1.05. The second-order valence-corrected chi connectivity index (χ2v) is 12.9. The van der Waals surface area contributed by atoms with E-state index in [9.17, 15) is 27.9 Å². The van der Waals surface area contributed by atoms with Crippen LogP contribution in [-0.2, 0) is 22.9 Å². The molecule has 2 aliphatic rings. The van der Waals surface area contributed by atoms with Gasteiger partial charge in [0.2, 0.25) is 0 Å². The van der Waals surface area contributed by atoms with Crippen molar-refractivity contribution in [3.8, 4) is 6.07 Å². The highest BCUT2D eigenvalue weighted by molar-refractivity contribution is 7.94. The van der Waals surface area contributed by atoms with E-state index in [1.54, 1.807) is 24.3 Å². The first-order valence-electron chi connectivity index (χ1n) is 11.6. The average Bonchev–Trinajstić information content (AvgIpc) is 3.66. The van der Waals surface area contributed by atoms with Crippen molar-refractivity contribution in [1.29, 1.82) is 5.26 Å². The number of nitrogens with zero attached hydrogens (tertiary/aromatic N) is 3. The molecule has 190 valence electrons. The Hall–Kier alpha value is -3.49. The third-order valence-corrected chi connectivity index (χ3v) is 10.3. The maximum atomic E-state index is 13.2. The zero-order valence-corrected chi connectivity index (χ0v) is 21.0. The molecule has 0 spiro atoms. The molecule has 11 heteroatoms. The molecule has 1 aromatic heterocycles. The maximum absolute atomic E-state index is 13.2. The van der Waals surface area contributed by atoms with Crippen molar-refractivity contribution >= 4 is 21.7 Å². The Bertz CT molecular complexity index is 1420. The zero-order valence-electron chi connectivity index (χ0n) is 20.2. The number of aromatic nitrogens is 1. The lowest BCUT2D eigenvalue weighted by Gasteiger charge is -2.35. The van der Waals surface area contributed by atoms with Crippen LogP contribution >= 0.6 is 0 Å². The van der Waals surface area contributed by atoms with E-state index in [0.29, 0.717) is 18.4 Å². The quantitative estimate of drug-likeness (QED) is 0.532. The summed E-state index contributed by atoms with van der Waals surface area (Å²) in [6, 6.07) is 11.4. The van der Waals surface area contributed by atoms with Gasteiger partial charge in [0.05, 0.1) is 27.7 Å². The van der Waals surface area contributed by atoms with E-state index in [1.165, 1.54) is 35.4 Å². The van der Waals surface area contributed by atoms with Crippen molar-refractivity contribution in [2.24, 2.45) is 0 Å². The summed E-state index contributed by atoms with van der Waals surface area (Å²) in [6.45, 7) is 2.87. The predicted octanol–water partition coefficient (Wildman–Crippen LogP) is 0.824. The first-order valence-corrected chi connectivity index (χ1v) is 13.1. The first-order chi connectivity index (χ1) is 17.0. The molecular weight excluding hydrogens is 484 g/mol. The van der Waals surface area contributed by atoms with Crippen molar-refractivity contribution < 1.29 is 23.1 Å². The number of fused-ring (bicyclic) bond motifs is 1. The number of rotatable bonds is 8. The second kappa shape index (κ2) is 9.19. The molecule has 1 fully saturated rings. The highest BCUT2D eigenvalue weighted by atomic mass is 32.2. The molecule has 1 saturated carbocycles. The summed E-state index contributed by atoms with van der Waals surface area (Å²) in [7, 11) is -3.72. The lowest BCUT2D eigenvalue weighted by molar-refractivity contribution is 0.0694. The fraction of sp³-hybridized carbons (Fsp3) is 0.440. The molecule has 36 heavy (non-hydrogen) atoms. The normalized spacial score (nSPS) is 16.7. The SMILES string of the molecule is CC(C)(CO)S(=O)(=O)C1(CN2CCn3c(ccc(C(=O)NCc4ccc(C#N)cc4)c3=O)C2=O)CC1. The van der Waals surface area contributed by atoms with Crippen LogP contribution in [0.1, 0.15) is 58.7 Å². The molecule has 2 heterocycles. The monoisotopic (exact) mass is 512 g/mol. The van der Waals surface area contributed by atoms with Crippen molar-refractivity contribution in [3.63, 3.8) is 0 Å². The molecule has 2 amide bonds. The number of nitriles is 1. The van der Waals surface area contributed by atoms with Gasteiger partial charge >= 0.3 is 0 Å². The molecule has 10 nitrogen and oxygen atoms in total. The molecule has 1 aromatic carbocycles. The van der Waals surface area contributed by atoms with Gasteiger partial charge < -0.3 is 19.9 Å². The molecule has 0 radical (unpaired) electrons. The summed E-state index contributed by atoms with van der Waals surface area (Å²) < 4.78 is 25.1. The van der Waals surface area contributed by atoms with Gasteiger partial charge in [-0.1, -0.05) is 12.1 Å². The summed E-state index contributed by atoms with van der Waals surface area (Å²) >= 11 is 0. The minimum Gasteiger partial charge on any atom is -0.395 e. The van der Waals surface area contributed by atoms with Crippen LogP contribution in [0, 0.1) is 11.3 Å². The van der Waals surface area contributed by atoms with Gasteiger partial charge in [-0.25, -0.2) is 8.42 Å². The van der Waals surface area contributed by atoms with Gasteiger partial charge in [-0.15, -0.1) is 0 Å². The summed E-state index contributed by atoms with van der Waals surface area (Å²) in [6.07, 6.45) is 0.821. The van der Waals surface area contributed by atoms with E-state index < -0.39 is 43.3 Å². The molecule has 4 rings (SSSR count). The van der Waals surface area contributed by atoms with Crippen LogP contribution in [0.3, 0.4) is 0 Å². The van der Waals surface area contributed by atoms with Gasteiger partial charge in [-0.3, -0.25) is 14.4 Å². The molecule has 0 bridgehead atoms. The van der Waals surface area contributed by atoms with Gasteiger partial charge in [-0.05, 0) is 56.5 Å². The Kier molecular flexibility index (Phi) is 6.53. The number of hydrogen-bond donors (Lipinski definition) is 2. The number of benzene rings is 1. The van der Waals surface area contributed by atoms with Crippen molar-refractivity contribution in [2.45, 2.75) is 49.3 Å². The highest BCUT2D eigenvalue weighted by Crippen LogP contribution is 2.49. The number of hydrogen-bond acceptors (Lipinski definition) is 7. The zero-order chi connectivity index (χ0) is 26.3. The van der Waals surface area contributed by atoms with E-state index in [-0.39, 0.29) is 37.4 Å². The number of carbonyl (C=O) groups is 2. The molecule has 0 saturated heterocycles. The van der Waals surface area contributed by atoms with Crippen LogP contribution in [0.25, 0.3) is 0 Å². The van der Waals surface area contributed by atoms with Gasteiger partial charge in [0, 0.05) is 26.2 Å². The molecule has 0 atom stereocenters. The van der Waals surface area contributed by atoms with E-state index in [1.807, 2.05) is 6.07 Å². The topological polar surface area (TPSA) is 150 Å². The number of sulfone groups is 1. The second-order valence-electron chi connectivity index (χ2n) is 9.91. The number of aliphatic hydroxyl groups is 1. The van der Waals surface area contributed by atoms with E-state index in [4.69, 9.17) is 5.26 Å². The van der Waals surface area contributed by atoms with Gasteiger partial charge in [0.15, 0.2) is 9.84 Å². The Morgan fingerprint density at radius 1 is 1.14 bits per heavy atom. The molecule has 2 aromatic rings. The molecule has 1 aliphatic heterocycles.